The molecule has 0 amide bonds. The quantitative estimate of drug-likeness (QED) is 0.344. The molecule has 0 aliphatic carbocycles. The Hall–Kier alpha value is -0.870. The van der Waals surface area contributed by atoms with Gasteiger partial charge in [0.1, 0.15) is 12.8 Å². The maximum Gasteiger partial charge on any atom is 0.330 e. The van der Waals surface area contributed by atoms with Crippen LogP contribution in [0.25, 0.3) is 0 Å². The first kappa shape index (κ1) is 10.1. The Kier molecular flexibility index (Phi) is 4.49. The first-order valence-corrected chi connectivity index (χ1v) is 3.21. The molecule has 0 bridgehead atoms. The molecule has 0 aromatic carbocycles. The van der Waals surface area contributed by atoms with Crippen molar-refractivity contribution in [1.82, 2.24) is 4.90 Å². The summed E-state index contributed by atoms with van der Waals surface area (Å²) in [6, 6.07) is 0. The minimum atomic E-state index is -0.751. The molecular formula is C7H13NO3. The van der Waals surface area contributed by atoms with E-state index < -0.39 is 12.2 Å². The maximum atomic E-state index is 10.5. The van der Waals surface area contributed by atoms with Crippen molar-refractivity contribution in [3.63, 3.8) is 0 Å². The highest BCUT2D eigenvalue weighted by atomic mass is 16.5. The second-order valence-electron chi connectivity index (χ2n) is 2.28. The molecule has 0 aromatic rings. The largest absolute Gasteiger partial charge is 0.458 e. The van der Waals surface area contributed by atoms with Crippen molar-refractivity contribution in [2.75, 3.05) is 20.7 Å². The van der Waals surface area contributed by atoms with Crippen molar-refractivity contribution in [3.05, 3.63) is 12.7 Å². The Bertz CT molecular complexity index is 145. The number of carbonyl (C=O) groups excluding carboxylic acids is 1. The van der Waals surface area contributed by atoms with Gasteiger partial charge in [0.2, 0.25) is 0 Å². The van der Waals surface area contributed by atoms with E-state index in [1.165, 1.54) is 4.90 Å². The number of nitrogens with zero attached hydrogens (tertiary/aromatic N) is 1. The number of hydrogen-bond donors (Lipinski definition) is 1. The number of hydrogen-bond acceptors (Lipinski definition) is 4. The summed E-state index contributed by atoms with van der Waals surface area (Å²) in [4.78, 5) is 12.0. The van der Waals surface area contributed by atoms with Crippen molar-refractivity contribution in [2.45, 2.75) is 6.23 Å². The van der Waals surface area contributed by atoms with E-state index in [-0.39, 0.29) is 6.61 Å². The summed E-state index contributed by atoms with van der Waals surface area (Å²) in [6.45, 7) is 3.18. The Balaban J connectivity index is 3.53. The van der Waals surface area contributed by atoms with Crippen LogP contribution in [-0.2, 0) is 9.53 Å². The summed E-state index contributed by atoms with van der Waals surface area (Å²) in [5, 5.41) is 9.09. The second kappa shape index (κ2) is 4.87. The van der Waals surface area contributed by atoms with Crippen LogP contribution in [-0.4, -0.2) is 42.9 Å². The lowest BCUT2D eigenvalue weighted by Gasteiger charge is -2.17. The smallest absolute Gasteiger partial charge is 0.330 e. The predicted octanol–water partition coefficient (Wildman–Crippen LogP) is -0.404. The van der Waals surface area contributed by atoms with Gasteiger partial charge in [0.25, 0.3) is 0 Å². The summed E-state index contributed by atoms with van der Waals surface area (Å²) < 4.78 is 4.57. The fraction of sp³-hybridized carbons (Fsp3) is 0.571. The van der Waals surface area contributed by atoms with Crippen LogP contribution in [0.4, 0.5) is 0 Å². The molecule has 0 saturated heterocycles. The zero-order valence-corrected chi connectivity index (χ0v) is 6.78. The minimum absolute atomic E-state index is 0.0299. The van der Waals surface area contributed by atoms with Gasteiger partial charge in [-0.05, 0) is 14.1 Å². The molecular weight excluding hydrogens is 146 g/mol. The maximum absolute atomic E-state index is 10.5. The summed E-state index contributed by atoms with van der Waals surface area (Å²) in [7, 11) is 3.37. The number of ether oxygens (including phenoxy) is 1. The lowest BCUT2D eigenvalue weighted by Crippen LogP contribution is -2.32. The van der Waals surface area contributed by atoms with Crippen molar-refractivity contribution in [3.8, 4) is 0 Å². The summed E-state index contributed by atoms with van der Waals surface area (Å²) >= 11 is 0. The highest BCUT2D eigenvalue weighted by Crippen LogP contribution is 1.89. The predicted molar refractivity (Wildman–Crippen MR) is 40.8 cm³/mol. The number of aliphatic hydroxyl groups excluding tert-OH is 1. The average molecular weight is 159 g/mol. The summed E-state index contributed by atoms with van der Waals surface area (Å²) in [5.41, 5.74) is 0. The fourth-order valence-electron chi connectivity index (χ4n) is 0.365. The Labute approximate surface area is 66.1 Å². The Morgan fingerprint density at radius 1 is 1.82 bits per heavy atom. The number of rotatable bonds is 4. The SMILES string of the molecule is C=CC(=O)OCC(O)N(C)C. The van der Waals surface area contributed by atoms with Gasteiger partial charge >= 0.3 is 5.97 Å². The van der Waals surface area contributed by atoms with Crippen molar-refractivity contribution in [1.29, 1.82) is 0 Å². The van der Waals surface area contributed by atoms with Crippen LogP contribution in [0.3, 0.4) is 0 Å². The van der Waals surface area contributed by atoms with Crippen LogP contribution in [0.1, 0.15) is 0 Å². The number of likely N-dealkylation sites (N-methyl/N-ethyl adjacent to an activating group) is 1. The normalized spacial score (nSPS) is 12.7. The van der Waals surface area contributed by atoms with Gasteiger partial charge in [0.15, 0.2) is 0 Å². The highest BCUT2D eigenvalue weighted by Gasteiger charge is 2.07. The van der Waals surface area contributed by atoms with Crippen molar-refractivity contribution < 1.29 is 14.6 Å². The minimum Gasteiger partial charge on any atom is -0.458 e. The van der Waals surface area contributed by atoms with Gasteiger partial charge in [-0.3, -0.25) is 4.90 Å². The molecule has 0 fully saturated rings. The van der Waals surface area contributed by atoms with Crippen LogP contribution in [0, 0.1) is 0 Å². The molecule has 4 heteroatoms. The van der Waals surface area contributed by atoms with Gasteiger partial charge in [-0.25, -0.2) is 4.79 Å². The molecule has 0 rings (SSSR count). The molecule has 0 heterocycles. The van der Waals surface area contributed by atoms with E-state index in [0.29, 0.717) is 0 Å². The lowest BCUT2D eigenvalue weighted by atomic mass is 10.5. The third-order valence-corrected chi connectivity index (χ3v) is 1.14. The molecule has 0 radical (unpaired) electrons. The van der Waals surface area contributed by atoms with E-state index in [1.54, 1.807) is 14.1 Å². The summed E-state index contributed by atoms with van der Waals surface area (Å²) in [5.74, 6) is -0.522. The van der Waals surface area contributed by atoms with Crippen LogP contribution in [0.15, 0.2) is 12.7 Å². The second-order valence-corrected chi connectivity index (χ2v) is 2.28. The van der Waals surface area contributed by atoms with E-state index in [9.17, 15) is 4.79 Å². The van der Waals surface area contributed by atoms with Crippen LogP contribution < -0.4 is 0 Å². The van der Waals surface area contributed by atoms with Crippen molar-refractivity contribution >= 4 is 5.97 Å². The molecule has 0 saturated carbocycles. The van der Waals surface area contributed by atoms with Gasteiger partial charge in [-0.2, -0.15) is 0 Å². The zero-order valence-electron chi connectivity index (χ0n) is 6.78. The van der Waals surface area contributed by atoms with Gasteiger partial charge < -0.3 is 9.84 Å². The van der Waals surface area contributed by atoms with E-state index in [4.69, 9.17) is 5.11 Å². The zero-order chi connectivity index (χ0) is 8.85. The molecule has 1 atom stereocenters. The Morgan fingerprint density at radius 3 is 2.73 bits per heavy atom. The monoisotopic (exact) mass is 159 g/mol. The first-order chi connectivity index (χ1) is 5.07. The third kappa shape index (κ3) is 4.52. The van der Waals surface area contributed by atoms with Gasteiger partial charge in [0, 0.05) is 6.08 Å². The average Bonchev–Trinajstić information content (AvgIpc) is 1.99. The molecule has 0 spiro atoms. The van der Waals surface area contributed by atoms with Gasteiger partial charge in [-0.1, -0.05) is 6.58 Å². The lowest BCUT2D eigenvalue weighted by molar-refractivity contribution is -0.143. The van der Waals surface area contributed by atoms with Crippen molar-refractivity contribution in [2.24, 2.45) is 0 Å². The highest BCUT2D eigenvalue weighted by molar-refractivity contribution is 5.81. The number of carbonyl (C=O) groups is 1. The number of aliphatic hydroxyl groups is 1. The molecule has 1 unspecified atom stereocenters. The molecule has 4 nitrogen and oxygen atoms in total. The molecule has 1 N–H and O–H groups in total. The molecule has 0 aliphatic rings. The molecule has 0 aliphatic heterocycles. The van der Waals surface area contributed by atoms with Crippen LogP contribution >= 0.6 is 0 Å². The van der Waals surface area contributed by atoms with E-state index in [0.717, 1.165) is 6.08 Å². The van der Waals surface area contributed by atoms with Gasteiger partial charge in [0.05, 0.1) is 0 Å². The summed E-state index contributed by atoms with van der Waals surface area (Å²) in [6.07, 6.45) is 0.307. The Morgan fingerprint density at radius 2 is 2.36 bits per heavy atom. The topological polar surface area (TPSA) is 49.8 Å². The van der Waals surface area contributed by atoms with Crippen LogP contribution in [0.5, 0.6) is 0 Å². The molecule has 11 heavy (non-hydrogen) atoms. The van der Waals surface area contributed by atoms with Crippen LogP contribution in [0.2, 0.25) is 0 Å². The number of esters is 1. The fourth-order valence-corrected chi connectivity index (χ4v) is 0.365. The van der Waals surface area contributed by atoms with E-state index in [1.807, 2.05) is 0 Å². The van der Waals surface area contributed by atoms with E-state index >= 15 is 0 Å². The molecule has 0 aromatic heterocycles. The third-order valence-electron chi connectivity index (χ3n) is 1.14. The van der Waals surface area contributed by atoms with E-state index in [2.05, 4.69) is 11.3 Å². The van der Waals surface area contributed by atoms with Gasteiger partial charge in [-0.15, -0.1) is 0 Å². The first-order valence-electron chi connectivity index (χ1n) is 3.21. The standard InChI is InChI=1S/C7H13NO3/c1-4-7(10)11-5-6(9)8(2)3/h4,6,9H,1,5H2,2-3H3. The molecule has 64 valence electrons.